The van der Waals surface area contributed by atoms with Gasteiger partial charge >= 0.3 is 99.4 Å². The predicted molar refractivity (Wildman–Crippen MR) is 65.2 cm³/mol. The molecule has 0 spiro atoms. The molecule has 2 aromatic rings. The van der Waals surface area contributed by atoms with Crippen LogP contribution in [0.5, 0.6) is 0 Å². The fourth-order valence-corrected chi connectivity index (χ4v) is 4.03. The van der Waals surface area contributed by atoms with Crippen molar-refractivity contribution in [1.82, 2.24) is 3.56 Å². The van der Waals surface area contributed by atoms with E-state index < -0.39 is 0 Å². The summed E-state index contributed by atoms with van der Waals surface area (Å²) in [5.74, 6) is 0. The van der Waals surface area contributed by atoms with Gasteiger partial charge in [-0.2, -0.15) is 0 Å². The second-order valence-corrected chi connectivity index (χ2v) is 7.01. The molecule has 1 heterocycles. The first-order chi connectivity index (χ1) is 6.89. The molecule has 0 bridgehead atoms. The number of nitrogens with zero attached hydrogens (tertiary/aromatic N) is 1. The van der Waals surface area contributed by atoms with Gasteiger partial charge in [-0.05, 0) is 0 Å². The molecule has 80 valence electrons. The van der Waals surface area contributed by atoms with Gasteiger partial charge in [0.05, 0.1) is 0 Å². The summed E-state index contributed by atoms with van der Waals surface area (Å²) in [6.45, 7) is 6.17. The average Bonchev–Trinajstić information content (AvgIpc) is 2.42. The first-order valence-electron chi connectivity index (χ1n) is 4.72. The summed E-state index contributed by atoms with van der Waals surface area (Å²) >= 11 is 5.98. The van der Waals surface area contributed by atoms with E-state index in [1.165, 1.54) is 0 Å². The van der Waals surface area contributed by atoms with Crippen LogP contribution in [0.15, 0.2) is 23.0 Å². The molecule has 2 rings (SSSR count). The molecule has 2 nitrogen and oxygen atoms in total. The summed E-state index contributed by atoms with van der Waals surface area (Å²) in [5.41, 5.74) is 0.0249. The number of aromatic nitrogens is 1. The number of hydrogen-bond donors (Lipinski definition) is 0. The van der Waals surface area contributed by atoms with E-state index in [0.717, 1.165) is 9.65 Å². The Morgan fingerprint density at radius 2 is 2.00 bits per heavy atom. The Kier molecular flexibility index (Phi) is 2.58. The molecule has 1 aromatic carbocycles. The molecule has 1 aromatic heterocycles. The predicted octanol–water partition coefficient (Wildman–Crippen LogP) is 2.47. The van der Waals surface area contributed by atoms with Gasteiger partial charge in [-0.1, -0.05) is 0 Å². The van der Waals surface area contributed by atoms with Gasteiger partial charge in [0.25, 0.3) is 0 Å². The molecule has 0 amide bonds. The monoisotopic (exact) mass is 289 g/mol. The molecule has 0 N–H and O–H groups in total. The molecule has 15 heavy (non-hydrogen) atoms. The van der Waals surface area contributed by atoms with Gasteiger partial charge in [0.2, 0.25) is 0 Å². The van der Waals surface area contributed by atoms with Crippen LogP contribution in [0.25, 0.3) is 9.65 Å². The van der Waals surface area contributed by atoms with Crippen molar-refractivity contribution in [2.75, 3.05) is 0 Å². The van der Waals surface area contributed by atoms with E-state index in [0.29, 0.717) is 5.02 Å². The van der Waals surface area contributed by atoms with Crippen LogP contribution in [0.4, 0.5) is 0 Å². The van der Waals surface area contributed by atoms with Crippen LogP contribution in [-0.2, 0) is 5.54 Å². The number of hydrogen-bond acceptors (Lipinski definition) is 1. The number of fused-ring (bicyclic) bond motifs is 1. The maximum atomic E-state index is 12.1. The normalized spacial score (nSPS) is 12.3. The van der Waals surface area contributed by atoms with Crippen molar-refractivity contribution in [1.29, 1.82) is 0 Å². The summed E-state index contributed by atoms with van der Waals surface area (Å²) in [6, 6.07) is 5.51. The number of halogens is 1. The topological polar surface area (TPSA) is 22.0 Å². The van der Waals surface area contributed by atoms with Gasteiger partial charge in [-0.25, -0.2) is 0 Å². The average molecular weight is 289 g/mol. The third-order valence-electron chi connectivity index (χ3n) is 2.16. The van der Waals surface area contributed by atoms with E-state index in [2.05, 4.69) is 20.8 Å². The third-order valence-corrected chi connectivity index (χ3v) is 5.39. The van der Waals surface area contributed by atoms with E-state index in [9.17, 15) is 4.79 Å². The van der Waals surface area contributed by atoms with Crippen molar-refractivity contribution in [3.05, 3.63) is 33.6 Å². The van der Waals surface area contributed by atoms with E-state index in [4.69, 9.17) is 11.6 Å². The van der Waals surface area contributed by atoms with Crippen molar-refractivity contribution in [3.8, 4) is 0 Å². The Bertz CT molecular complexity index is 562. The summed E-state index contributed by atoms with van der Waals surface area (Å²) < 4.78 is 3.02. The minimum absolute atomic E-state index is 0.0650. The first kappa shape index (κ1) is 11.0. The fourth-order valence-electron chi connectivity index (χ4n) is 1.44. The molecular formula is C11H12ClNOSe. The van der Waals surface area contributed by atoms with E-state index in [1.54, 1.807) is 6.07 Å². The molecule has 0 radical (unpaired) electrons. The van der Waals surface area contributed by atoms with Gasteiger partial charge < -0.3 is 0 Å². The van der Waals surface area contributed by atoms with E-state index in [1.807, 2.05) is 15.7 Å². The van der Waals surface area contributed by atoms with Crippen LogP contribution in [0.3, 0.4) is 0 Å². The molecule has 4 heteroatoms. The molecule has 0 saturated heterocycles. The Balaban J connectivity index is 2.81. The fraction of sp³-hybridized carbons (Fsp3) is 0.364. The summed E-state index contributed by atoms with van der Waals surface area (Å²) in [6.07, 6.45) is 0. The first-order valence-corrected chi connectivity index (χ1v) is 6.72. The summed E-state index contributed by atoms with van der Waals surface area (Å²) in [4.78, 5) is 12.1. The second-order valence-electron chi connectivity index (χ2n) is 4.50. The van der Waals surface area contributed by atoms with Crippen molar-refractivity contribution in [2.45, 2.75) is 26.3 Å². The zero-order chi connectivity index (χ0) is 11.2. The van der Waals surface area contributed by atoms with Gasteiger partial charge in [-0.3, -0.25) is 0 Å². The Labute approximate surface area is 99.4 Å². The van der Waals surface area contributed by atoms with Crippen LogP contribution >= 0.6 is 11.6 Å². The van der Waals surface area contributed by atoms with E-state index in [-0.39, 0.29) is 25.8 Å². The van der Waals surface area contributed by atoms with Crippen LogP contribution in [-0.4, -0.2) is 18.3 Å². The number of benzene rings is 1. The summed E-state index contributed by atoms with van der Waals surface area (Å²) in [5, 5.41) is 1.52. The zero-order valence-electron chi connectivity index (χ0n) is 8.87. The van der Waals surface area contributed by atoms with Gasteiger partial charge in [-0.15, -0.1) is 0 Å². The van der Waals surface area contributed by atoms with E-state index >= 15 is 0 Å². The molecule has 0 aliphatic heterocycles. The molecule has 0 atom stereocenters. The second kappa shape index (κ2) is 3.51. The van der Waals surface area contributed by atoms with Crippen molar-refractivity contribution >= 4 is 36.0 Å². The standard InChI is InChI=1S/C11H12ClNOSe/c1-11(2,3)13-10(14)8-5-4-7(12)6-9(8)15-13/h4-6H,1-3H3. The minimum atomic E-state index is -0.109. The summed E-state index contributed by atoms with van der Waals surface area (Å²) in [7, 11) is 0. The van der Waals surface area contributed by atoms with Crippen LogP contribution in [0.2, 0.25) is 5.02 Å². The van der Waals surface area contributed by atoms with Crippen LogP contribution in [0, 0.1) is 0 Å². The Hall–Kier alpha value is -0.501. The Morgan fingerprint density at radius 1 is 1.33 bits per heavy atom. The molecule has 0 saturated carbocycles. The van der Waals surface area contributed by atoms with Crippen molar-refractivity contribution in [3.63, 3.8) is 0 Å². The van der Waals surface area contributed by atoms with Crippen LogP contribution < -0.4 is 5.56 Å². The molecule has 0 aliphatic carbocycles. The van der Waals surface area contributed by atoms with Crippen molar-refractivity contribution < 1.29 is 0 Å². The Morgan fingerprint density at radius 3 is 2.60 bits per heavy atom. The SMILES string of the molecule is CC(C)(C)n1[se]c2cc(Cl)ccc2c1=O. The van der Waals surface area contributed by atoms with Crippen molar-refractivity contribution in [2.24, 2.45) is 0 Å². The maximum absolute atomic E-state index is 12.1. The quantitative estimate of drug-likeness (QED) is 0.683. The van der Waals surface area contributed by atoms with Crippen LogP contribution in [0.1, 0.15) is 20.8 Å². The van der Waals surface area contributed by atoms with Gasteiger partial charge in [0.1, 0.15) is 0 Å². The van der Waals surface area contributed by atoms with Gasteiger partial charge in [0, 0.05) is 0 Å². The number of rotatable bonds is 0. The molecular weight excluding hydrogens is 277 g/mol. The molecule has 0 unspecified atom stereocenters. The zero-order valence-corrected chi connectivity index (χ0v) is 11.3. The molecule has 0 fully saturated rings. The van der Waals surface area contributed by atoms with Gasteiger partial charge in [0.15, 0.2) is 0 Å². The molecule has 0 aliphatic rings. The third kappa shape index (κ3) is 1.92.